The Labute approximate surface area is 298 Å². The van der Waals surface area contributed by atoms with Crippen LogP contribution in [-0.4, -0.2) is 44.7 Å². The number of benzene rings is 2. The molecular weight excluding hydrogens is 747 g/mol. The Kier molecular flexibility index (Phi) is 11.3. The lowest BCUT2D eigenvalue weighted by molar-refractivity contribution is -0.136. The van der Waals surface area contributed by atoms with E-state index in [2.05, 4.69) is 53.7 Å². The number of aromatic amines is 1. The number of hydrogen-bond acceptors (Lipinski definition) is 7. The first kappa shape index (κ1) is 35.7. The van der Waals surface area contributed by atoms with Crippen molar-refractivity contribution in [3.63, 3.8) is 0 Å². The molecule has 0 radical (unpaired) electrons. The molecule has 2 aromatic heterocycles. The van der Waals surface area contributed by atoms with Gasteiger partial charge < -0.3 is 30.1 Å². The zero-order valence-electron chi connectivity index (χ0n) is 27.8. The molecule has 4 N–H and O–H groups in total. The zero-order chi connectivity index (χ0) is 34.6. The van der Waals surface area contributed by atoms with Crippen molar-refractivity contribution in [2.45, 2.75) is 91.0 Å². The van der Waals surface area contributed by atoms with Crippen LogP contribution in [0.3, 0.4) is 0 Å². The van der Waals surface area contributed by atoms with Gasteiger partial charge in [-0.1, -0.05) is 82.5 Å². The van der Waals surface area contributed by atoms with E-state index in [9.17, 15) is 14.4 Å². The van der Waals surface area contributed by atoms with E-state index in [-0.39, 0.29) is 30.8 Å². The van der Waals surface area contributed by atoms with Gasteiger partial charge in [0, 0.05) is 33.0 Å². The molecule has 5 atom stereocenters. The highest BCUT2D eigenvalue weighted by molar-refractivity contribution is 14.1. The number of carbonyl (C=O) groups excluding carboxylic acids is 3. The second kappa shape index (κ2) is 15.3. The topological polar surface area (TPSA) is 151 Å². The first-order valence-electron chi connectivity index (χ1n) is 16.3. The lowest BCUT2D eigenvalue weighted by Gasteiger charge is -2.39. The second-order valence-electron chi connectivity index (χ2n) is 12.7. The molecule has 3 amide bonds. The summed E-state index contributed by atoms with van der Waals surface area (Å²) in [5, 5.41) is 18.8. The standard InChI is InChI=1S/C35H42ClIN6O5/c1-6-19(3)28(40-34(46)47-18-22-11-9-8-10-12-22)31(44)41-35(33(45)39-29(20(4)7-2)32-43-42-21(5)48-32)14-13-27-25(17-35)24-15-23(36)16-26(37)30(24)38-27/h8-12,15-16,19-20,28-29,38H,6-7,13-14,17-18H2,1-5H3,(H,39,45)(H,40,46)(H,41,44)/t19?,20?,28-,29-,35+/m0/s1. The zero-order valence-corrected chi connectivity index (χ0v) is 30.7. The van der Waals surface area contributed by atoms with E-state index in [4.69, 9.17) is 20.8 Å². The van der Waals surface area contributed by atoms with Crippen LogP contribution in [0.2, 0.25) is 5.02 Å². The molecule has 4 aromatic rings. The third-order valence-corrected chi connectivity index (χ3v) is 10.5. The van der Waals surface area contributed by atoms with Gasteiger partial charge in [0.05, 0.1) is 5.52 Å². The molecule has 5 rings (SSSR count). The van der Waals surface area contributed by atoms with E-state index < -0.39 is 29.6 Å². The van der Waals surface area contributed by atoms with Crippen LogP contribution in [-0.2, 0) is 33.8 Å². The molecular formula is C35H42ClIN6O5. The van der Waals surface area contributed by atoms with Crippen molar-refractivity contribution in [2.24, 2.45) is 11.8 Å². The number of alkyl carbamates (subject to hydrolysis) is 1. The fourth-order valence-electron chi connectivity index (χ4n) is 6.14. The summed E-state index contributed by atoms with van der Waals surface area (Å²) in [6.07, 6.45) is 1.65. The maximum absolute atomic E-state index is 14.6. The van der Waals surface area contributed by atoms with Crippen molar-refractivity contribution in [3.8, 4) is 0 Å². The second-order valence-corrected chi connectivity index (χ2v) is 14.3. The Hall–Kier alpha value is -3.65. The molecule has 13 heteroatoms. The summed E-state index contributed by atoms with van der Waals surface area (Å²) in [7, 11) is 0. The molecule has 11 nitrogen and oxygen atoms in total. The number of ether oxygens (including phenoxy) is 1. The lowest BCUT2D eigenvalue weighted by Crippen LogP contribution is -2.65. The van der Waals surface area contributed by atoms with Crippen LogP contribution < -0.4 is 16.0 Å². The fraction of sp³-hybridized carbons (Fsp3) is 0.457. The number of rotatable bonds is 12. The summed E-state index contributed by atoms with van der Waals surface area (Å²) in [5.74, 6) is -0.435. The van der Waals surface area contributed by atoms with Crippen LogP contribution in [0.4, 0.5) is 4.79 Å². The highest BCUT2D eigenvalue weighted by atomic mass is 127. The van der Waals surface area contributed by atoms with Crippen molar-refractivity contribution in [2.75, 3.05) is 0 Å². The Bertz CT molecular complexity index is 1780. The van der Waals surface area contributed by atoms with Crippen LogP contribution in [0.15, 0.2) is 46.9 Å². The van der Waals surface area contributed by atoms with Crippen molar-refractivity contribution >= 4 is 63.0 Å². The van der Waals surface area contributed by atoms with E-state index in [1.807, 2.05) is 70.2 Å². The lowest BCUT2D eigenvalue weighted by atomic mass is 9.78. The molecule has 0 aliphatic heterocycles. The molecule has 256 valence electrons. The number of aryl methyl sites for hydroxylation is 2. The number of hydrogen-bond donors (Lipinski definition) is 4. The molecule has 48 heavy (non-hydrogen) atoms. The molecule has 0 bridgehead atoms. The van der Waals surface area contributed by atoms with E-state index in [0.29, 0.717) is 36.1 Å². The van der Waals surface area contributed by atoms with Gasteiger partial charge >= 0.3 is 6.09 Å². The minimum atomic E-state index is -1.37. The first-order valence-corrected chi connectivity index (χ1v) is 17.8. The fourth-order valence-corrected chi connectivity index (χ4v) is 7.30. The number of aromatic nitrogens is 3. The van der Waals surface area contributed by atoms with Crippen LogP contribution >= 0.6 is 34.2 Å². The van der Waals surface area contributed by atoms with Gasteiger partial charge in [0.25, 0.3) is 0 Å². The monoisotopic (exact) mass is 788 g/mol. The van der Waals surface area contributed by atoms with Gasteiger partial charge in [-0.25, -0.2) is 4.79 Å². The first-order chi connectivity index (χ1) is 22.9. The average Bonchev–Trinajstić information content (AvgIpc) is 3.67. The van der Waals surface area contributed by atoms with Crippen molar-refractivity contribution in [1.82, 2.24) is 31.1 Å². The molecule has 1 aliphatic rings. The van der Waals surface area contributed by atoms with Crippen LogP contribution in [0.25, 0.3) is 10.9 Å². The number of halogens is 2. The van der Waals surface area contributed by atoms with Gasteiger partial charge in [-0.05, 0) is 70.5 Å². The van der Waals surface area contributed by atoms with E-state index >= 15 is 0 Å². The van der Waals surface area contributed by atoms with Gasteiger partial charge in [0.2, 0.25) is 23.6 Å². The molecule has 0 saturated heterocycles. The molecule has 0 spiro atoms. The third-order valence-electron chi connectivity index (χ3n) is 9.39. The summed E-state index contributed by atoms with van der Waals surface area (Å²) in [6, 6.07) is 11.6. The normalized spacial score (nSPS) is 18.3. The molecule has 1 aliphatic carbocycles. The third kappa shape index (κ3) is 7.80. The quantitative estimate of drug-likeness (QED) is 0.117. The molecule has 2 unspecified atom stereocenters. The Morgan fingerprint density at radius 2 is 1.81 bits per heavy atom. The van der Waals surface area contributed by atoms with Gasteiger partial charge in [0.1, 0.15) is 24.2 Å². The van der Waals surface area contributed by atoms with Gasteiger partial charge in [-0.15, -0.1) is 10.2 Å². The van der Waals surface area contributed by atoms with Crippen molar-refractivity contribution < 1.29 is 23.5 Å². The molecule has 2 heterocycles. The number of H-pyrrole nitrogens is 1. The Balaban J connectivity index is 1.47. The highest BCUT2D eigenvalue weighted by Crippen LogP contribution is 2.38. The molecule has 0 fully saturated rings. The number of nitrogens with one attached hydrogen (secondary N) is 4. The van der Waals surface area contributed by atoms with E-state index in [1.165, 1.54) is 0 Å². The van der Waals surface area contributed by atoms with Gasteiger partial charge in [0.15, 0.2) is 0 Å². The molecule has 2 aromatic carbocycles. The van der Waals surface area contributed by atoms with Crippen molar-refractivity contribution in [3.05, 3.63) is 79.7 Å². The minimum absolute atomic E-state index is 0.0388. The molecule has 0 saturated carbocycles. The van der Waals surface area contributed by atoms with Crippen LogP contribution in [0.1, 0.15) is 81.6 Å². The van der Waals surface area contributed by atoms with E-state index in [1.54, 1.807) is 6.92 Å². The Morgan fingerprint density at radius 1 is 1.08 bits per heavy atom. The number of carbonyl (C=O) groups is 3. The number of fused-ring (bicyclic) bond motifs is 3. The van der Waals surface area contributed by atoms with Gasteiger partial charge in [-0.2, -0.15) is 0 Å². The average molecular weight is 789 g/mol. The SMILES string of the molecule is CCC(C)[C@H](NC(=O)OCc1ccccc1)C(=O)N[C@]1(C(=O)N[C@H](c2nnc(C)o2)C(C)CC)CCc2[nH]c3c(I)cc(Cl)cc3c2C1. The minimum Gasteiger partial charge on any atom is -0.445 e. The van der Waals surface area contributed by atoms with E-state index in [0.717, 1.165) is 37.7 Å². The highest BCUT2D eigenvalue weighted by Gasteiger charge is 2.47. The largest absolute Gasteiger partial charge is 0.445 e. The maximum atomic E-state index is 14.6. The van der Waals surface area contributed by atoms with Crippen LogP contribution in [0.5, 0.6) is 0 Å². The Morgan fingerprint density at radius 3 is 2.48 bits per heavy atom. The summed E-state index contributed by atoms with van der Waals surface area (Å²) < 4.78 is 12.2. The summed E-state index contributed by atoms with van der Waals surface area (Å²) in [6.45, 7) is 9.61. The number of amides is 3. The smallest absolute Gasteiger partial charge is 0.408 e. The predicted octanol–water partition coefficient (Wildman–Crippen LogP) is 6.71. The summed E-state index contributed by atoms with van der Waals surface area (Å²) in [4.78, 5) is 45.4. The number of nitrogens with zero attached hydrogens (tertiary/aromatic N) is 2. The predicted molar refractivity (Wildman–Crippen MR) is 191 cm³/mol. The summed E-state index contributed by atoms with van der Waals surface area (Å²) >= 11 is 8.74. The van der Waals surface area contributed by atoms with Crippen molar-refractivity contribution in [1.29, 1.82) is 0 Å². The van der Waals surface area contributed by atoms with Gasteiger partial charge in [-0.3, -0.25) is 9.59 Å². The summed E-state index contributed by atoms with van der Waals surface area (Å²) in [5.41, 5.74) is 2.30. The maximum Gasteiger partial charge on any atom is 0.408 e. The van der Waals surface area contributed by atoms with Crippen LogP contribution in [0, 0.1) is 22.3 Å².